The molecule has 0 aliphatic carbocycles. The number of carbonyl (C=O) groups is 1. The summed E-state index contributed by atoms with van der Waals surface area (Å²) in [6.45, 7) is 3.19. The molecule has 0 saturated heterocycles. The largest absolute Gasteiger partial charge is 1.00 e. The van der Waals surface area contributed by atoms with Crippen molar-refractivity contribution in [3.63, 3.8) is 0 Å². The molecule has 0 heterocycles. The molecule has 0 spiro atoms. The van der Waals surface area contributed by atoms with Crippen LogP contribution in [0.25, 0.3) is 0 Å². The molecule has 0 rings (SSSR count). The first kappa shape index (κ1) is 13.1. The van der Waals surface area contributed by atoms with E-state index in [0.29, 0.717) is 6.42 Å². The SMILES string of the molecule is CCCC(O)OC(C)=O.[H-].[Na+]. The molecule has 0 fully saturated rings. The Balaban J connectivity index is -0.000000320. The Hall–Kier alpha value is 0.430. The van der Waals surface area contributed by atoms with E-state index in [1.54, 1.807) is 0 Å². The van der Waals surface area contributed by atoms with Gasteiger partial charge in [0.05, 0.1) is 0 Å². The summed E-state index contributed by atoms with van der Waals surface area (Å²) in [5, 5.41) is 8.78. The zero-order valence-corrected chi connectivity index (χ0v) is 8.76. The second-order valence-corrected chi connectivity index (χ2v) is 1.85. The molecule has 1 unspecified atom stereocenters. The van der Waals surface area contributed by atoms with Gasteiger partial charge in [0.25, 0.3) is 0 Å². The van der Waals surface area contributed by atoms with Crippen molar-refractivity contribution in [2.45, 2.75) is 33.0 Å². The van der Waals surface area contributed by atoms with Gasteiger partial charge < -0.3 is 11.3 Å². The van der Waals surface area contributed by atoms with E-state index in [1.807, 2.05) is 6.92 Å². The average molecular weight is 156 g/mol. The van der Waals surface area contributed by atoms with Crippen LogP contribution in [0.3, 0.4) is 0 Å². The van der Waals surface area contributed by atoms with Crippen LogP contribution in [0.2, 0.25) is 0 Å². The molecule has 0 aromatic carbocycles. The summed E-state index contributed by atoms with van der Waals surface area (Å²) in [5.41, 5.74) is 0. The molecule has 4 heteroatoms. The summed E-state index contributed by atoms with van der Waals surface area (Å²) < 4.78 is 4.41. The van der Waals surface area contributed by atoms with Crippen LogP contribution < -0.4 is 29.6 Å². The Morgan fingerprint density at radius 1 is 1.80 bits per heavy atom. The smallest absolute Gasteiger partial charge is 1.00 e. The normalized spacial score (nSPS) is 11.5. The molecule has 0 radical (unpaired) electrons. The van der Waals surface area contributed by atoms with Gasteiger partial charge in [-0.2, -0.15) is 0 Å². The van der Waals surface area contributed by atoms with Gasteiger partial charge in [-0.3, -0.25) is 4.79 Å². The Kier molecular flexibility index (Phi) is 9.84. The van der Waals surface area contributed by atoms with Gasteiger partial charge in [0.2, 0.25) is 6.29 Å². The van der Waals surface area contributed by atoms with Crippen LogP contribution in [0.15, 0.2) is 0 Å². The fraction of sp³-hybridized carbons (Fsp3) is 0.833. The topological polar surface area (TPSA) is 46.5 Å². The molecule has 1 atom stereocenters. The van der Waals surface area contributed by atoms with Crippen molar-refractivity contribution in [3.8, 4) is 0 Å². The molecule has 0 aliphatic rings. The second-order valence-electron chi connectivity index (χ2n) is 1.85. The van der Waals surface area contributed by atoms with Crippen molar-refractivity contribution in [2.24, 2.45) is 0 Å². The van der Waals surface area contributed by atoms with Gasteiger partial charge in [-0.05, 0) is 0 Å². The van der Waals surface area contributed by atoms with Crippen molar-refractivity contribution in [1.82, 2.24) is 0 Å². The first-order chi connectivity index (χ1) is 4.16. The summed E-state index contributed by atoms with van der Waals surface area (Å²) >= 11 is 0. The van der Waals surface area contributed by atoms with E-state index in [1.165, 1.54) is 6.92 Å². The molecular formula is C6H13NaO3. The van der Waals surface area contributed by atoms with Crippen LogP contribution in [0.1, 0.15) is 28.1 Å². The van der Waals surface area contributed by atoms with E-state index >= 15 is 0 Å². The second kappa shape index (κ2) is 7.54. The molecule has 1 N–H and O–H groups in total. The van der Waals surface area contributed by atoms with Crippen LogP contribution >= 0.6 is 0 Å². The van der Waals surface area contributed by atoms with Gasteiger partial charge in [-0.25, -0.2) is 0 Å². The van der Waals surface area contributed by atoms with E-state index in [2.05, 4.69) is 4.74 Å². The van der Waals surface area contributed by atoms with Crippen molar-refractivity contribution < 1.29 is 45.6 Å². The number of carbonyl (C=O) groups excluding carboxylic acids is 1. The first-order valence-electron chi connectivity index (χ1n) is 3.02. The number of hydrogen-bond donors (Lipinski definition) is 1. The van der Waals surface area contributed by atoms with Gasteiger partial charge >= 0.3 is 35.5 Å². The minimum absolute atomic E-state index is 0. The van der Waals surface area contributed by atoms with Gasteiger partial charge in [-0.1, -0.05) is 13.3 Å². The monoisotopic (exact) mass is 156 g/mol. The van der Waals surface area contributed by atoms with Crippen molar-refractivity contribution in [1.29, 1.82) is 0 Å². The Morgan fingerprint density at radius 3 is 2.60 bits per heavy atom. The fourth-order valence-electron chi connectivity index (χ4n) is 0.497. The van der Waals surface area contributed by atoms with Crippen molar-refractivity contribution in [3.05, 3.63) is 0 Å². The van der Waals surface area contributed by atoms with Gasteiger partial charge in [-0.15, -0.1) is 0 Å². The maximum Gasteiger partial charge on any atom is 1.00 e. The molecular weight excluding hydrogens is 143 g/mol. The maximum absolute atomic E-state index is 10.1. The predicted molar refractivity (Wildman–Crippen MR) is 33.8 cm³/mol. The third-order valence-corrected chi connectivity index (χ3v) is 0.838. The van der Waals surface area contributed by atoms with Crippen LogP contribution in [0.5, 0.6) is 0 Å². The third kappa shape index (κ3) is 8.43. The molecule has 0 aliphatic heterocycles. The molecule has 0 aromatic rings. The zero-order chi connectivity index (χ0) is 7.28. The molecule has 56 valence electrons. The van der Waals surface area contributed by atoms with E-state index in [0.717, 1.165) is 6.42 Å². The van der Waals surface area contributed by atoms with Crippen LogP contribution in [-0.2, 0) is 9.53 Å². The number of aliphatic hydroxyl groups is 1. The van der Waals surface area contributed by atoms with Gasteiger partial charge in [0.1, 0.15) is 0 Å². The molecule has 0 bridgehead atoms. The average Bonchev–Trinajstić information content (AvgIpc) is 1.63. The Bertz CT molecular complexity index is 99.8. The molecule has 10 heavy (non-hydrogen) atoms. The minimum Gasteiger partial charge on any atom is -1.00 e. The van der Waals surface area contributed by atoms with E-state index in [-0.39, 0.29) is 31.0 Å². The summed E-state index contributed by atoms with van der Waals surface area (Å²) in [6, 6.07) is 0. The predicted octanol–water partition coefficient (Wildman–Crippen LogP) is -2.22. The number of rotatable bonds is 3. The minimum atomic E-state index is -0.910. The summed E-state index contributed by atoms with van der Waals surface area (Å²) in [7, 11) is 0. The fourth-order valence-corrected chi connectivity index (χ4v) is 0.497. The Morgan fingerprint density at radius 2 is 2.30 bits per heavy atom. The third-order valence-electron chi connectivity index (χ3n) is 0.838. The van der Waals surface area contributed by atoms with Gasteiger partial charge in [0, 0.05) is 13.3 Å². The summed E-state index contributed by atoms with van der Waals surface area (Å²) in [4.78, 5) is 10.1. The van der Waals surface area contributed by atoms with Crippen LogP contribution in [-0.4, -0.2) is 17.4 Å². The first-order valence-corrected chi connectivity index (χ1v) is 3.02. The van der Waals surface area contributed by atoms with E-state index in [9.17, 15) is 4.79 Å². The number of aliphatic hydroxyl groups excluding tert-OH is 1. The molecule has 3 nitrogen and oxygen atoms in total. The van der Waals surface area contributed by atoms with E-state index in [4.69, 9.17) is 5.11 Å². The van der Waals surface area contributed by atoms with Crippen LogP contribution in [0.4, 0.5) is 0 Å². The molecule has 0 saturated carbocycles. The van der Waals surface area contributed by atoms with Crippen molar-refractivity contribution >= 4 is 5.97 Å². The molecule has 0 aromatic heterocycles. The van der Waals surface area contributed by atoms with E-state index < -0.39 is 12.3 Å². The van der Waals surface area contributed by atoms with Crippen LogP contribution in [0, 0.1) is 0 Å². The standard InChI is InChI=1S/C6H12O3.Na.H/c1-3-4-6(8)9-5(2)7;;/h6,8H,3-4H2,1-2H3;;/q;+1;-1. The Labute approximate surface area is 84.5 Å². The summed E-state index contributed by atoms with van der Waals surface area (Å²) in [5.74, 6) is -0.434. The summed E-state index contributed by atoms with van der Waals surface area (Å²) in [6.07, 6.45) is 0.418. The number of esters is 1. The number of hydrogen-bond acceptors (Lipinski definition) is 3. The van der Waals surface area contributed by atoms with Gasteiger partial charge in [0.15, 0.2) is 0 Å². The van der Waals surface area contributed by atoms with Crippen molar-refractivity contribution in [2.75, 3.05) is 0 Å². The number of ether oxygens (including phenoxy) is 1. The molecule has 0 amide bonds. The quantitative estimate of drug-likeness (QED) is 0.286. The maximum atomic E-state index is 10.1. The zero-order valence-electron chi connectivity index (χ0n) is 7.76.